The molecular formula is C21H28N4O3. The van der Waals surface area contributed by atoms with E-state index in [1.165, 1.54) is 0 Å². The Morgan fingerprint density at radius 3 is 2.39 bits per heavy atom. The standard InChI is InChI=1S/C21H28N4O3/c1-15(2)28-18-6-4-17(5-7-18)23-20-22-16(3)14-19(24-20)25-10-8-21(9-11-25)26-12-13-27-21/h4-7,14-15H,8-13H2,1-3H3,(H,22,23,24). The van der Waals surface area contributed by atoms with Gasteiger partial charge in [0.1, 0.15) is 11.6 Å². The van der Waals surface area contributed by atoms with E-state index < -0.39 is 0 Å². The van der Waals surface area contributed by atoms with Crippen LogP contribution >= 0.6 is 0 Å². The van der Waals surface area contributed by atoms with Crippen molar-refractivity contribution >= 4 is 17.5 Å². The van der Waals surface area contributed by atoms with Crippen LogP contribution in [0.2, 0.25) is 0 Å². The summed E-state index contributed by atoms with van der Waals surface area (Å²) in [6, 6.07) is 9.87. The molecule has 1 aromatic carbocycles. The zero-order chi connectivity index (χ0) is 19.6. The third kappa shape index (κ3) is 4.36. The molecule has 28 heavy (non-hydrogen) atoms. The van der Waals surface area contributed by atoms with Crippen LogP contribution in [0, 0.1) is 6.92 Å². The number of aromatic nitrogens is 2. The van der Waals surface area contributed by atoms with E-state index >= 15 is 0 Å². The summed E-state index contributed by atoms with van der Waals surface area (Å²) in [5.41, 5.74) is 1.86. The van der Waals surface area contributed by atoms with E-state index in [9.17, 15) is 0 Å². The molecule has 7 heteroatoms. The lowest BCUT2D eigenvalue weighted by atomic mass is 10.0. The van der Waals surface area contributed by atoms with Crippen LogP contribution in [0.3, 0.4) is 0 Å². The largest absolute Gasteiger partial charge is 0.491 e. The monoisotopic (exact) mass is 384 g/mol. The summed E-state index contributed by atoms with van der Waals surface area (Å²) in [6.07, 6.45) is 1.87. The molecule has 4 rings (SSSR count). The first-order chi connectivity index (χ1) is 13.5. The van der Waals surface area contributed by atoms with E-state index in [0.717, 1.165) is 48.9 Å². The molecule has 0 radical (unpaired) electrons. The van der Waals surface area contributed by atoms with E-state index in [0.29, 0.717) is 19.2 Å². The minimum atomic E-state index is -0.376. The van der Waals surface area contributed by atoms with Crippen molar-refractivity contribution in [3.8, 4) is 5.75 Å². The van der Waals surface area contributed by atoms with Gasteiger partial charge in [0.05, 0.1) is 19.3 Å². The van der Waals surface area contributed by atoms with Crippen molar-refractivity contribution in [3.63, 3.8) is 0 Å². The Bertz CT molecular complexity index is 794. The van der Waals surface area contributed by atoms with Gasteiger partial charge in [-0.25, -0.2) is 4.98 Å². The molecule has 0 saturated carbocycles. The highest BCUT2D eigenvalue weighted by atomic mass is 16.7. The van der Waals surface area contributed by atoms with Crippen molar-refractivity contribution in [1.82, 2.24) is 9.97 Å². The van der Waals surface area contributed by atoms with Gasteiger partial charge >= 0.3 is 0 Å². The second-order valence-electron chi connectivity index (χ2n) is 7.60. The Morgan fingerprint density at radius 2 is 1.75 bits per heavy atom. The molecule has 1 N–H and O–H groups in total. The minimum absolute atomic E-state index is 0.158. The van der Waals surface area contributed by atoms with Crippen molar-refractivity contribution in [2.24, 2.45) is 0 Å². The van der Waals surface area contributed by atoms with Crippen LogP contribution in [0.5, 0.6) is 5.75 Å². The maximum Gasteiger partial charge on any atom is 0.229 e. The summed E-state index contributed by atoms with van der Waals surface area (Å²) < 4.78 is 17.3. The van der Waals surface area contributed by atoms with E-state index in [1.807, 2.05) is 51.1 Å². The number of benzene rings is 1. The molecule has 2 aromatic rings. The number of rotatable bonds is 5. The van der Waals surface area contributed by atoms with Crippen LogP contribution in [0.4, 0.5) is 17.5 Å². The van der Waals surface area contributed by atoms with Crippen molar-refractivity contribution in [2.45, 2.75) is 45.5 Å². The number of nitrogens with zero attached hydrogens (tertiary/aromatic N) is 3. The first-order valence-corrected chi connectivity index (χ1v) is 9.94. The average molecular weight is 384 g/mol. The fraction of sp³-hybridized carbons (Fsp3) is 0.524. The second kappa shape index (κ2) is 7.93. The molecule has 7 nitrogen and oxygen atoms in total. The molecule has 2 fully saturated rings. The highest BCUT2D eigenvalue weighted by Gasteiger charge is 2.40. The lowest BCUT2D eigenvalue weighted by molar-refractivity contribution is -0.169. The van der Waals surface area contributed by atoms with Gasteiger partial charge in [0.25, 0.3) is 0 Å². The second-order valence-corrected chi connectivity index (χ2v) is 7.60. The SMILES string of the molecule is Cc1cc(N2CCC3(CC2)OCCO3)nc(Nc2ccc(OC(C)C)cc2)n1. The molecule has 0 aliphatic carbocycles. The van der Waals surface area contributed by atoms with E-state index in [1.54, 1.807) is 0 Å². The van der Waals surface area contributed by atoms with Gasteiger partial charge < -0.3 is 24.4 Å². The molecule has 0 bridgehead atoms. The Hall–Kier alpha value is -2.38. The van der Waals surface area contributed by atoms with Gasteiger partial charge in [-0.15, -0.1) is 0 Å². The number of nitrogens with one attached hydrogen (secondary N) is 1. The lowest BCUT2D eigenvalue weighted by Crippen LogP contribution is -2.45. The predicted molar refractivity (Wildman–Crippen MR) is 108 cm³/mol. The van der Waals surface area contributed by atoms with Crippen LogP contribution in [-0.2, 0) is 9.47 Å². The van der Waals surface area contributed by atoms with Crippen LogP contribution in [0.1, 0.15) is 32.4 Å². The molecule has 0 unspecified atom stereocenters. The number of hydrogen-bond donors (Lipinski definition) is 1. The van der Waals surface area contributed by atoms with Crippen LogP contribution < -0.4 is 15.0 Å². The van der Waals surface area contributed by atoms with E-state index in [-0.39, 0.29) is 11.9 Å². The molecule has 1 spiro atoms. The molecule has 3 heterocycles. The zero-order valence-electron chi connectivity index (χ0n) is 16.8. The van der Waals surface area contributed by atoms with Gasteiger partial charge in [0.15, 0.2) is 5.79 Å². The van der Waals surface area contributed by atoms with Gasteiger partial charge in [0.2, 0.25) is 5.95 Å². The molecule has 0 amide bonds. The lowest BCUT2D eigenvalue weighted by Gasteiger charge is -2.38. The van der Waals surface area contributed by atoms with Crippen LogP contribution in [0.15, 0.2) is 30.3 Å². The fourth-order valence-corrected chi connectivity index (χ4v) is 3.65. The third-order valence-electron chi connectivity index (χ3n) is 4.99. The fourth-order valence-electron chi connectivity index (χ4n) is 3.65. The summed E-state index contributed by atoms with van der Waals surface area (Å²) in [5.74, 6) is 2.01. The van der Waals surface area contributed by atoms with Crippen LogP contribution in [-0.4, -0.2) is 48.2 Å². The molecule has 1 aromatic heterocycles. The molecule has 2 saturated heterocycles. The highest BCUT2D eigenvalue weighted by Crippen LogP contribution is 2.33. The average Bonchev–Trinajstić information content (AvgIpc) is 3.11. The van der Waals surface area contributed by atoms with Crippen LogP contribution in [0.25, 0.3) is 0 Å². The van der Waals surface area contributed by atoms with Gasteiger partial charge in [-0.3, -0.25) is 0 Å². The summed E-state index contributed by atoms with van der Waals surface area (Å²) in [4.78, 5) is 11.5. The molecule has 150 valence electrons. The van der Waals surface area contributed by atoms with Gasteiger partial charge in [-0.05, 0) is 45.0 Å². The molecule has 0 atom stereocenters. The van der Waals surface area contributed by atoms with Crippen molar-refractivity contribution < 1.29 is 14.2 Å². The minimum Gasteiger partial charge on any atom is -0.491 e. The topological polar surface area (TPSA) is 68.7 Å². The molecule has 2 aliphatic rings. The number of ether oxygens (including phenoxy) is 3. The summed E-state index contributed by atoms with van der Waals surface area (Å²) in [5, 5.41) is 3.30. The number of hydrogen-bond acceptors (Lipinski definition) is 7. The summed E-state index contributed by atoms with van der Waals surface area (Å²) in [6.45, 7) is 9.13. The number of aryl methyl sites for hydroxylation is 1. The normalized spacial score (nSPS) is 18.6. The first kappa shape index (κ1) is 19.0. The smallest absolute Gasteiger partial charge is 0.229 e. The number of anilines is 3. The molecule has 2 aliphatic heterocycles. The highest BCUT2D eigenvalue weighted by molar-refractivity contribution is 5.57. The zero-order valence-corrected chi connectivity index (χ0v) is 16.8. The maximum absolute atomic E-state index is 5.82. The Morgan fingerprint density at radius 1 is 1.07 bits per heavy atom. The summed E-state index contributed by atoms with van der Waals surface area (Å²) >= 11 is 0. The maximum atomic E-state index is 5.82. The Balaban J connectivity index is 1.44. The van der Waals surface area contributed by atoms with Gasteiger partial charge in [-0.2, -0.15) is 4.98 Å². The molecular weight excluding hydrogens is 356 g/mol. The Kier molecular flexibility index (Phi) is 5.37. The van der Waals surface area contributed by atoms with Gasteiger partial charge in [-0.1, -0.05) is 0 Å². The summed E-state index contributed by atoms with van der Waals surface area (Å²) in [7, 11) is 0. The van der Waals surface area contributed by atoms with E-state index in [2.05, 4.69) is 15.2 Å². The van der Waals surface area contributed by atoms with Crippen molar-refractivity contribution in [3.05, 3.63) is 36.0 Å². The first-order valence-electron chi connectivity index (χ1n) is 9.94. The van der Waals surface area contributed by atoms with Crippen molar-refractivity contribution in [1.29, 1.82) is 0 Å². The predicted octanol–water partition coefficient (Wildman–Crippen LogP) is 3.66. The third-order valence-corrected chi connectivity index (χ3v) is 4.99. The van der Waals surface area contributed by atoms with Crippen molar-refractivity contribution in [2.75, 3.05) is 36.5 Å². The number of piperidine rings is 1. The quantitative estimate of drug-likeness (QED) is 0.844. The van der Waals surface area contributed by atoms with E-state index in [4.69, 9.17) is 19.2 Å². The Labute approximate surface area is 166 Å². The van der Waals surface area contributed by atoms with Gasteiger partial charge in [0, 0.05) is 43.4 Å².